The van der Waals surface area contributed by atoms with E-state index in [0.717, 1.165) is 64.1 Å². The van der Waals surface area contributed by atoms with Crippen LogP contribution in [-0.2, 0) is 11.2 Å². The number of hydrogen-bond donors (Lipinski definition) is 2. The second-order valence-corrected chi connectivity index (χ2v) is 7.74. The van der Waals surface area contributed by atoms with E-state index < -0.39 is 0 Å². The van der Waals surface area contributed by atoms with E-state index in [1.807, 2.05) is 23.1 Å². The number of hydrogen-bond acceptors (Lipinski definition) is 3. The number of amides is 3. The zero-order valence-corrected chi connectivity index (χ0v) is 16.3. The number of likely N-dealkylation sites (tertiary alicyclic amines) is 1. The van der Waals surface area contributed by atoms with Gasteiger partial charge in [0, 0.05) is 32.6 Å². The highest BCUT2D eigenvalue weighted by Gasteiger charge is 2.38. The van der Waals surface area contributed by atoms with E-state index in [1.54, 1.807) is 0 Å². The Labute approximate surface area is 161 Å². The predicted octanol–water partition coefficient (Wildman–Crippen LogP) is 2.72. The molecule has 2 aliphatic rings. The van der Waals surface area contributed by atoms with E-state index in [2.05, 4.69) is 23.6 Å². The number of ether oxygens (including phenoxy) is 1. The summed E-state index contributed by atoms with van der Waals surface area (Å²) in [7, 11) is 0. The van der Waals surface area contributed by atoms with Crippen molar-refractivity contribution in [3.05, 3.63) is 29.8 Å². The average molecular weight is 373 g/mol. The molecule has 2 heterocycles. The van der Waals surface area contributed by atoms with Gasteiger partial charge >= 0.3 is 6.03 Å². The summed E-state index contributed by atoms with van der Waals surface area (Å²) in [4.78, 5) is 25.7. The second kappa shape index (κ2) is 9.11. The van der Waals surface area contributed by atoms with E-state index in [-0.39, 0.29) is 17.4 Å². The minimum absolute atomic E-state index is 0.0167. The molecule has 1 spiro atoms. The number of carbonyl (C=O) groups is 2. The molecule has 3 rings (SSSR count). The smallest absolute Gasteiger partial charge is 0.317 e. The summed E-state index contributed by atoms with van der Waals surface area (Å²) in [5.74, 6) is 1.05. The quantitative estimate of drug-likeness (QED) is 0.805. The van der Waals surface area contributed by atoms with Crippen molar-refractivity contribution >= 4 is 11.9 Å². The Hall–Kier alpha value is -2.24. The molecule has 3 amide bonds. The molecule has 1 aromatic carbocycles. The summed E-state index contributed by atoms with van der Waals surface area (Å²) < 4.78 is 5.66. The summed E-state index contributed by atoms with van der Waals surface area (Å²) in [6.45, 7) is 5.72. The van der Waals surface area contributed by atoms with Crippen LogP contribution in [0.3, 0.4) is 0 Å². The largest absolute Gasteiger partial charge is 0.494 e. The Morgan fingerprint density at radius 3 is 2.81 bits per heavy atom. The van der Waals surface area contributed by atoms with Crippen molar-refractivity contribution in [2.75, 3.05) is 32.8 Å². The molecule has 0 atom stereocenters. The number of urea groups is 1. The zero-order chi connectivity index (χ0) is 19.1. The number of nitrogens with zero attached hydrogens (tertiary/aromatic N) is 1. The zero-order valence-electron chi connectivity index (χ0n) is 16.3. The van der Waals surface area contributed by atoms with E-state index in [0.29, 0.717) is 13.0 Å². The average Bonchev–Trinajstić information content (AvgIpc) is 2.70. The van der Waals surface area contributed by atoms with E-state index in [4.69, 9.17) is 4.74 Å². The molecule has 2 N–H and O–H groups in total. The van der Waals surface area contributed by atoms with Gasteiger partial charge in [0.25, 0.3) is 0 Å². The molecular formula is C21H31N3O3. The summed E-state index contributed by atoms with van der Waals surface area (Å²) in [5, 5.41) is 6.03. The minimum Gasteiger partial charge on any atom is -0.494 e. The monoisotopic (exact) mass is 373 g/mol. The van der Waals surface area contributed by atoms with Crippen LogP contribution in [0, 0.1) is 5.41 Å². The summed E-state index contributed by atoms with van der Waals surface area (Å²) in [5.41, 5.74) is 1.36. The van der Waals surface area contributed by atoms with Crippen LogP contribution in [0.2, 0.25) is 0 Å². The first kappa shape index (κ1) is 19.5. The normalized spacial score (nSPS) is 18.9. The van der Waals surface area contributed by atoms with Crippen LogP contribution in [0.4, 0.5) is 4.79 Å². The lowest BCUT2D eigenvalue weighted by Gasteiger charge is -2.43. The van der Waals surface area contributed by atoms with Crippen LogP contribution in [-0.4, -0.2) is 49.6 Å². The summed E-state index contributed by atoms with van der Waals surface area (Å²) >= 11 is 0. The van der Waals surface area contributed by atoms with E-state index in [9.17, 15) is 9.59 Å². The third kappa shape index (κ3) is 5.37. The highest BCUT2D eigenvalue weighted by molar-refractivity contribution is 5.77. The van der Waals surface area contributed by atoms with Crippen LogP contribution < -0.4 is 15.4 Å². The van der Waals surface area contributed by atoms with Crippen LogP contribution in [0.1, 0.15) is 44.6 Å². The van der Waals surface area contributed by atoms with Gasteiger partial charge < -0.3 is 20.3 Å². The van der Waals surface area contributed by atoms with Crippen LogP contribution in [0.25, 0.3) is 0 Å². The molecule has 2 aliphatic heterocycles. The maximum absolute atomic E-state index is 12.4. The summed E-state index contributed by atoms with van der Waals surface area (Å²) in [6.07, 6.45) is 5.29. The Bertz CT molecular complexity index is 642. The van der Waals surface area contributed by atoms with Gasteiger partial charge in [-0.15, -0.1) is 0 Å². The molecule has 1 aromatic rings. The maximum atomic E-state index is 12.4. The van der Waals surface area contributed by atoms with Crippen LogP contribution in [0.15, 0.2) is 24.3 Å². The van der Waals surface area contributed by atoms with Gasteiger partial charge in [0.05, 0.1) is 6.61 Å². The molecule has 0 radical (unpaired) electrons. The maximum Gasteiger partial charge on any atom is 0.317 e. The molecule has 27 heavy (non-hydrogen) atoms. The molecule has 2 saturated heterocycles. The minimum atomic E-state index is 0.0167. The van der Waals surface area contributed by atoms with Gasteiger partial charge in [0.2, 0.25) is 5.91 Å². The highest BCUT2D eigenvalue weighted by Crippen LogP contribution is 2.37. The van der Waals surface area contributed by atoms with Gasteiger partial charge in [0.1, 0.15) is 5.75 Å². The first-order valence-corrected chi connectivity index (χ1v) is 10.1. The number of rotatable bonds is 6. The predicted molar refractivity (Wildman–Crippen MR) is 105 cm³/mol. The number of piperidine rings is 2. The van der Waals surface area contributed by atoms with Gasteiger partial charge in [-0.2, -0.15) is 0 Å². The molecule has 148 valence electrons. The Morgan fingerprint density at radius 1 is 1.30 bits per heavy atom. The van der Waals surface area contributed by atoms with Crippen LogP contribution in [0.5, 0.6) is 5.75 Å². The third-order valence-electron chi connectivity index (χ3n) is 5.72. The fraction of sp³-hybridized carbons (Fsp3) is 0.619. The number of benzene rings is 1. The number of nitrogens with one attached hydrogen (secondary N) is 2. The lowest BCUT2D eigenvalue weighted by molar-refractivity contribution is -0.125. The van der Waals surface area contributed by atoms with Gasteiger partial charge in [-0.05, 0) is 55.2 Å². The Kier molecular flexibility index (Phi) is 6.58. The van der Waals surface area contributed by atoms with Crippen LogP contribution >= 0.6 is 0 Å². The topological polar surface area (TPSA) is 70.7 Å². The molecule has 2 fully saturated rings. The Morgan fingerprint density at radius 2 is 2.11 bits per heavy atom. The second-order valence-electron chi connectivity index (χ2n) is 7.74. The van der Waals surface area contributed by atoms with Gasteiger partial charge in [-0.3, -0.25) is 4.79 Å². The molecular weight excluding hydrogens is 342 g/mol. The lowest BCUT2D eigenvalue weighted by Crippen LogP contribution is -2.52. The van der Waals surface area contributed by atoms with Crippen molar-refractivity contribution in [3.63, 3.8) is 0 Å². The standard InChI is InChI=1S/C21H31N3O3/c1-2-14-27-18-5-3-4-17(15-18)7-11-22-20(26)24-12-9-21(10-13-24)8-6-19(25)23-16-21/h3-5,15H,2,6-14,16H2,1H3,(H,22,26)(H,23,25). The molecule has 0 aromatic heterocycles. The first-order chi connectivity index (χ1) is 13.1. The van der Waals surface area contributed by atoms with Crippen molar-refractivity contribution in [1.82, 2.24) is 15.5 Å². The molecule has 0 unspecified atom stereocenters. The molecule has 0 aliphatic carbocycles. The van der Waals surface area contributed by atoms with Crippen molar-refractivity contribution in [3.8, 4) is 5.75 Å². The van der Waals surface area contributed by atoms with Gasteiger partial charge in [-0.1, -0.05) is 19.1 Å². The number of carbonyl (C=O) groups excluding carboxylic acids is 2. The van der Waals surface area contributed by atoms with Crippen molar-refractivity contribution in [2.24, 2.45) is 5.41 Å². The van der Waals surface area contributed by atoms with E-state index in [1.165, 1.54) is 5.56 Å². The Balaban J connectivity index is 1.39. The van der Waals surface area contributed by atoms with Gasteiger partial charge in [0.15, 0.2) is 0 Å². The van der Waals surface area contributed by atoms with Crippen molar-refractivity contribution in [2.45, 2.75) is 45.4 Å². The molecule has 6 nitrogen and oxygen atoms in total. The summed E-state index contributed by atoms with van der Waals surface area (Å²) in [6, 6.07) is 8.09. The van der Waals surface area contributed by atoms with Crippen molar-refractivity contribution in [1.29, 1.82) is 0 Å². The molecule has 0 saturated carbocycles. The molecule has 6 heteroatoms. The van der Waals surface area contributed by atoms with E-state index >= 15 is 0 Å². The lowest BCUT2D eigenvalue weighted by atomic mass is 9.73. The highest BCUT2D eigenvalue weighted by atomic mass is 16.5. The first-order valence-electron chi connectivity index (χ1n) is 10.1. The molecule has 0 bridgehead atoms. The SMILES string of the molecule is CCCOc1cccc(CCNC(=O)N2CCC3(CCC(=O)NC3)CC2)c1. The van der Waals surface area contributed by atoms with Gasteiger partial charge in [-0.25, -0.2) is 4.79 Å². The fourth-order valence-corrected chi connectivity index (χ4v) is 3.89. The van der Waals surface area contributed by atoms with Crippen molar-refractivity contribution < 1.29 is 14.3 Å². The third-order valence-corrected chi connectivity index (χ3v) is 5.72. The fourth-order valence-electron chi connectivity index (χ4n) is 3.89.